The van der Waals surface area contributed by atoms with Gasteiger partial charge in [-0.05, 0) is 25.3 Å². The number of guanidine groups is 1. The lowest BCUT2D eigenvalue weighted by atomic mass is 10.0. The van der Waals surface area contributed by atoms with Gasteiger partial charge >= 0.3 is 6.61 Å². The molecule has 1 aromatic rings. The fourth-order valence-electron chi connectivity index (χ4n) is 2.42. The highest BCUT2D eigenvalue weighted by Crippen LogP contribution is 2.19. The van der Waals surface area contributed by atoms with Crippen molar-refractivity contribution < 1.29 is 18.3 Å². The Bertz CT molecular complexity index is 525. The summed E-state index contributed by atoms with van der Waals surface area (Å²) in [5, 5.41) is 6.32. The molecule has 0 saturated carbocycles. The van der Waals surface area contributed by atoms with Gasteiger partial charge in [0.05, 0.1) is 6.10 Å². The monoisotopic (exact) mass is 357 g/mol. The fourth-order valence-corrected chi connectivity index (χ4v) is 2.42. The number of para-hydroxylation sites is 1. The number of benzene rings is 1. The van der Waals surface area contributed by atoms with E-state index in [1.807, 2.05) is 6.92 Å². The van der Waals surface area contributed by atoms with Crippen molar-refractivity contribution in [2.45, 2.75) is 46.5 Å². The maximum atomic E-state index is 12.4. The fraction of sp³-hybridized carbons (Fsp3) is 0.611. The summed E-state index contributed by atoms with van der Waals surface area (Å²) in [4.78, 5) is 4.15. The Kier molecular flexibility index (Phi) is 9.84. The van der Waals surface area contributed by atoms with Crippen molar-refractivity contribution in [2.24, 2.45) is 10.9 Å². The predicted octanol–water partition coefficient (Wildman–Crippen LogP) is 3.40. The summed E-state index contributed by atoms with van der Waals surface area (Å²) in [7, 11) is 1.67. The predicted molar refractivity (Wildman–Crippen MR) is 96.1 cm³/mol. The number of hydrogen-bond acceptors (Lipinski definition) is 3. The maximum Gasteiger partial charge on any atom is 0.387 e. The summed E-state index contributed by atoms with van der Waals surface area (Å²) >= 11 is 0. The van der Waals surface area contributed by atoms with Gasteiger partial charge in [-0.1, -0.05) is 32.0 Å². The first-order chi connectivity index (χ1) is 12.0. The Hall–Kier alpha value is -1.89. The van der Waals surface area contributed by atoms with Crippen LogP contribution in [0, 0.1) is 5.92 Å². The van der Waals surface area contributed by atoms with E-state index in [0.29, 0.717) is 37.1 Å². The van der Waals surface area contributed by atoms with E-state index in [0.717, 1.165) is 6.42 Å². The van der Waals surface area contributed by atoms with Gasteiger partial charge in [-0.25, -0.2) is 0 Å². The quantitative estimate of drug-likeness (QED) is 0.498. The first-order valence-corrected chi connectivity index (χ1v) is 8.56. The molecule has 0 spiro atoms. The number of nitrogens with zero attached hydrogens (tertiary/aromatic N) is 1. The van der Waals surface area contributed by atoms with Crippen LogP contribution in [0.1, 0.15) is 32.8 Å². The van der Waals surface area contributed by atoms with Gasteiger partial charge in [-0.2, -0.15) is 8.78 Å². The van der Waals surface area contributed by atoms with Crippen molar-refractivity contribution in [3.05, 3.63) is 29.8 Å². The number of rotatable bonds is 10. The third-order valence-electron chi connectivity index (χ3n) is 3.70. The molecule has 0 heterocycles. The molecule has 0 aliphatic heterocycles. The molecular weight excluding hydrogens is 328 g/mol. The largest absolute Gasteiger partial charge is 0.434 e. The van der Waals surface area contributed by atoms with E-state index in [-0.39, 0.29) is 11.9 Å². The van der Waals surface area contributed by atoms with Crippen LogP contribution >= 0.6 is 0 Å². The number of halogens is 2. The van der Waals surface area contributed by atoms with Gasteiger partial charge in [0.25, 0.3) is 0 Å². The van der Waals surface area contributed by atoms with Crippen molar-refractivity contribution in [3.8, 4) is 5.75 Å². The summed E-state index contributed by atoms with van der Waals surface area (Å²) in [6.07, 6.45) is 1.05. The molecule has 0 bridgehead atoms. The van der Waals surface area contributed by atoms with E-state index in [1.165, 1.54) is 6.07 Å². The minimum atomic E-state index is -2.84. The van der Waals surface area contributed by atoms with Crippen LogP contribution in [-0.2, 0) is 11.3 Å². The highest BCUT2D eigenvalue weighted by atomic mass is 19.3. The molecule has 0 radical (unpaired) electrons. The van der Waals surface area contributed by atoms with Gasteiger partial charge in [0.2, 0.25) is 0 Å². The van der Waals surface area contributed by atoms with E-state index in [9.17, 15) is 8.78 Å². The van der Waals surface area contributed by atoms with Crippen LogP contribution in [-0.4, -0.2) is 38.9 Å². The molecule has 25 heavy (non-hydrogen) atoms. The molecule has 0 aromatic heterocycles. The van der Waals surface area contributed by atoms with Gasteiger partial charge in [-0.15, -0.1) is 0 Å². The Labute approximate surface area is 148 Å². The van der Waals surface area contributed by atoms with Crippen molar-refractivity contribution in [1.82, 2.24) is 10.6 Å². The van der Waals surface area contributed by atoms with Crippen LogP contribution in [0.5, 0.6) is 5.75 Å². The highest BCUT2D eigenvalue weighted by molar-refractivity contribution is 5.79. The maximum absolute atomic E-state index is 12.4. The molecule has 0 aliphatic carbocycles. The van der Waals surface area contributed by atoms with E-state index in [1.54, 1.807) is 25.2 Å². The smallest absolute Gasteiger partial charge is 0.387 e. The van der Waals surface area contributed by atoms with Crippen LogP contribution in [0.2, 0.25) is 0 Å². The summed E-state index contributed by atoms with van der Waals surface area (Å²) in [5.74, 6) is 1.21. The topological polar surface area (TPSA) is 54.9 Å². The molecule has 2 N–H and O–H groups in total. The molecule has 0 amide bonds. The normalized spacial score (nSPS) is 13.2. The lowest BCUT2D eigenvalue weighted by Crippen LogP contribution is -2.39. The zero-order valence-corrected chi connectivity index (χ0v) is 15.4. The van der Waals surface area contributed by atoms with Crippen LogP contribution in [0.3, 0.4) is 0 Å². The van der Waals surface area contributed by atoms with Crippen molar-refractivity contribution in [1.29, 1.82) is 0 Å². The molecule has 0 aliphatic rings. The molecule has 1 unspecified atom stereocenters. The third-order valence-corrected chi connectivity index (χ3v) is 3.70. The summed E-state index contributed by atoms with van der Waals surface area (Å²) in [6.45, 7) is 5.14. The van der Waals surface area contributed by atoms with Gasteiger partial charge in [0, 0.05) is 32.3 Å². The molecule has 142 valence electrons. The molecule has 7 heteroatoms. The zero-order chi connectivity index (χ0) is 18.7. The standard InChI is InChI=1S/C18H29F2N3O2/c1-5-24-15(13(2)3)10-11-22-18(21-4)23-12-14-8-6-7-9-16(14)25-17(19)20/h6-9,13,15,17H,5,10-12H2,1-4H3,(H2,21,22,23). The second-order valence-corrected chi connectivity index (χ2v) is 5.87. The van der Waals surface area contributed by atoms with Gasteiger partial charge in [0.15, 0.2) is 5.96 Å². The minimum absolute atomic E-state index is 0.164. The average molecular weight is 357 g/mol. The van der Waals surface area contributed by atoms with Gasteiger partial charge in [0.1, 0.15) is 5.75 Å². The van der Waals surface area contributed by atoms with Crippen molar-refractivity contribution in [3.63, 3.8) is 0 Å². The van der Waals surface area contributed by atoms with E-state index in [2.05, 4.69) is 34.2 Å². The molecule has 1 atom stereocenters. The van der Waals surface area contributed by atoms with E-state index < -0.39 is 6.61 Å². The minimum Gasteiger partial charge on any atom is -0.434 e. The SMILES string of the molecule is CCOC(CCNC(=NC)NCc1ccccc1OC(F)F)C(C)C. The number of aliphatic imine (C=N–C) groups is 1. The lowest BCUT2D eigenvalue weighted by Gasteiger charge is -2.21. The number of nitrogens with one attached hydrogen (secondary N) is 2. The first-order valence-electron chi connectivity index (χ1n) is 8.56. The Morgan fingerprint density at radius 2 is 1.92 bits per heavy atom. The third kappa shape index (κ3) is 8.16. The second kappa shape index (κ2) is 11.6. The van der Waals surface area contributed by atoms with Crippen molar-refractivity contribution >= 4 is 5.96 Å². The van der Waals surface area contributed by atoms with Crippen LogP contribution < -0.4 is 15.4 Å². The molecule has 5 nitrogen and oxygen atoms in total. The van der Waals surface area contributed by atoms with Gasteiger partial charge < -0.3 is 20.1 Å². The number of alkyl halides is 2. The first kappa shape index (κ1) is 21.2. The Morgan fingerprint density at radius 3 is 2.52 bits per heavy atom. The number of hydrogen-bond donors (Lipinski definition) is 2. The average Bonchev–Trinajstić information content (AvgIpc) is 2.57. The van der Waals surface area contributed by atoms with Crippen molar-refractivity contribution in [2.75, 3.05) is 20.2 Å². The lowest BCUT2D eigenvalue weighted by molar-refractivity contribution is -0.0504. The second-order valence-electron chi connectivity index (χ2n) is 5.87. The van der Waals surface area contributed by atoms with E-state index >= 15 is 0 Å². The highest BCUT2D eigenvalue weighted by Gasteiger charge is 2.13. The number of ether oxygens (including phenoxy) is 2. The molecule has 0 fully saturated rings. The Morgan fingerprint density at radius 1 is 1.20 bits per heavy atom. The Balaban J connectivity index is 2.50. The molecule has 0 saturated heterocycles. The van der Waals surface area contributed by atoms with Gasteiger partial charge in [-0.3, -0.25) is 4.99 Å². The molecule has 1 rings (SSSR count). The van der Waals surface area contributed by atoms with Crippen LogP contribution in [0.25, 0.3) is 0 Å². The van der Waals surface area contributed by atoms with E-state index in [4.69, 9.17) is 4.74 Å². The summed E-state index contributed by atoms with van der Waals surface area (Å²) in [6, 6.07) is 6.70. The van der Waals surface area contributed by atoms with Crippen LogP contribution in [0.15, 0.2) is 29.3 Å². The van der Waals surface area contributed by atoms with Crippen LogP contribution in [0.4, 0.5) is 8.78 Å². The molecule has 1 aromatic carbocycles. The zero-order valence-electron chi connectivity index (χ0n) is 15.4. The summed E-state index contributed by atoms with van der Waals surface area (Å²) < 4.78 is 35.1. The molecular formula is C18H29F2N3O2. The summed E-state index contributed by atoms with van der Waals surface area (Å²) in [5.41, 5.74) is 0.639.